The number of hydrogen-bond donors (Lipinski definition) is 2. The van der Waals surface area contributed by atoms with Crippen molar-refractivity contribution in [2.75, 3.05) is 19.6 Å². The fraction of sp³-hybridized carbons (Fsp3) is 0.310. The molecule has 3 aliphatic heterocycles. The maximum Gasteiger partial charge on any atom is 0.408 e. The van der Waals surface area contributed by atoms with Crippen LogP contribution in [-0.2, 0) is 11.3 Å². The van der Waals surface area contributed by atoms with Crippen LogP contribution < -0.4 is 10.1 Å². The van der Waals surface area contributed by atoms with Crippen LogP contribution in [0.2, 0.25) is 0 Å². The van der Waals surface area contributed by atoms with E-state index >= 15 is 0 Å². The van der Waals surface area contributed by atoms with Crippen LogP contribution in [0.1, 0.15) is 45.9 Å². The number of amides is 1. The van der Waals surface area contributed by atoms with Crippen LogP contribution in [0.4, 0.5) is 9.18 Å². The number of carboxylic acids is 1. The van der Waals surface area contributed by atoms with Gasteiger partial charge >= 0.3 is 12.1 Å². The van der Waals surface area contributed by atoms with E-state index in [1.807, 2.05) is 48.5 Å². The summed E-state index contributed by atoms with van der Waals surface area (Å²) in [5, 5.41) is 12.2. The number of carbonyl (C=O) groups excluding carboxylic acids is 1. The van der Waals surface area contributed by atoms with Gasteiger partial charge in [0.2, 0.25) is 0 Å². The number of nitrogens with zero attached hydrogens (tertiary/aromatic N) is 1. The number of ether oxygens (including phenoxy) is 2. The molecule has 8 heteroatoms. The minimum atomic E-state index is -1.20. The summed E-state index contributed by atoms with van der Waals surface area (Å²) >= 11 is 0. The van der Waals surface area contributed by atoms with Gasteiger partial charge in [0.05, 0.1) is 11.6 Å². The molecule has 3 fully saturated rings. The first-order valence-corrected chi connectivity index (χ1v) is 12.4. The highest BCUT2D eigenvalue weighted by molar-refractivity contribution is 5.87. The molecule has 3 saturated heterocycles. The molecule has 0 spiro atoms. The number of benzene rings is 3. The summed E-state index contributed by atoms with van der Waals surface area (Å²) in [6.07, 6.45) is 1.55. The van der Waals surface area contributed by atoms with Gasteiger partial charge in [-0.25, -0.2) is 14.0 Å². The molecule has 0 aliphatic carbocycles. The van der Waals surface area contributed by atoms with Gasteiger partial charge in [-0.15, -0.1) is 0 Å². The Morgan fingerprint density at radius 2 is 1.76 bits per heavy atom. The van der Waals surface area contributed by atoms with Crippen LogP contribution in [-0.4, -0.2) is 47.8 Å². The van der Waals surface area contributed by atoms with Gasteiger partial charge in [-0.2, -0.15) is 0 Å². The maximum atomic E-state index is 13.8. The number of carbonyl (C=O) groups is 2. The standard InChI is InChI=1S/C29H29FN2O5/c30-24-14-19(13-23(15-24)28(33)34)18-36-25-8-4-7-22(16-25)27(21-5-2-1-3-6-21)31-29(35)37-26-17-32-11-9-20(26)10-12-32/h1-8,13-16,20,26-27H,9-12,17-18H2,(H,31,35)(H,33,34)/t26-,27-/m0/s1. The number of alkyl carbamates (subject to hydrolysis) is 1. The lowest BCUT2D eigenvalue weighted by atomic mass is 9.86. The molecule has 1 amide bonds. The number of carboxylic acid groups (broad SMARTS) is 1. The van der Waals surface area contributed by atoms with E-state index in [0.29, 0.717) is 17.2 Å². The SMILES string of the molecule is O=C(N[C@@H](c1ccccc1)c1cccc(OCc2cc(F)cc(C(=O)O)c2)c1)O[C@H]1CN2CCC1CC2. The van der Waals surface area contributed by atoms with Crippen molar-refractivity contribution in [3.05, 3.63) is 101 Å². The fourth-order valence-electron chi connectivity index (χ4n) is 5.15. The number of hydrogen-bond acceptors (Lipinski definition) is 5. The van der Waals surface area contributed by atoms with E-state index in [1.54, 1.807) is 6.07 Å². The van der Waals surface area contributed by atoms with Gasteiger partial charge in [-0.3, -0.25) is 4.90 Å². The average molecular weight is 505 g/mol. The molecular weight excluding hydrogens is 475 g/mol. The molecule has 3 heterocycles. The predicted molar refractivity (Wildman–Crippen MR) is 135 cm³/mol. The zero-order chi connectivity index (χ0) is 25.8. The molecule has 0 saturated carbocycles. The number of rotatable bonds is 8. The molecule has 2 N–H and O–H groups in total. The lowest BCUT2D eigenvalue weighted by molar-refractivity contribution is -0.0336. The molecule has 192 valence electrons. The van der Waals surface area contributed by atoms with E-state index < -0.39 is 23.9 Å². The Bertz CT molecular complexity index is 1260. The second-order valence-corrected chi connectivity index (χ2v) is 9.58. The van der Waals surface area contributed by atoms with Crippen molar-refractivity contribution in [1.29, 1.82) is 0 Å². The minimum Gasteiger partial charge on any atom is -0.489 e. The average Bonchev–Trinajstić information content (AvgIpc) is 2.91. The van der Waals surface area contributed by atoms with E-state index in [1.165, 1.54) is 12.1 Å². The first kappa shape index (κ1) is 24.8. The Kier molecular flexibility index (Phi) is 7.37. The van der Waals surface area contributed by atoms with Gasteiger partial charge in [0, 0.05) is 6.54 Å². The van der Waals surface area contributed by atoms with Crippen LogP contribution in [0.3, 0.4) is 0 Å². The highest BCUT2D eigenvalue weighted by Crippen LogP contribution is 2.30. The van der Waals surface area contributed by atoms with Crippen LogP contribution in [0.25, 0.3) is 0 Å². The molecule has 2 atom stereocenters. The van der Waals surface area contributed by atoms with Crippen molar-refractivity contribution in [3.63, 3.8) is 0 Å². The first-order valence-electron chi connectivity index (χ1n) is 12.4. The van der Waals surface area contributed by atoms with Crippen molar-refractivity contribution in [2.24, 2.45) is 5.92 Å². The van der Waals surface area contributed by atoms with Crippen LogP contribution >= 0.6 is 0 Å². The lowest BCUT2D eigenvalue weighted by Gasteiger charge is -2.43. The zero-order valence-corrected chi connectivity index (χ0v) is 20.3. The van der Waals surface area contributed by atoms with E-state index in [-0.39, 0.29) is 18.3 Å². The maximum absolute atomic E-state index is 13.8. The number of halogens is 1. The molecule has 0 radical (unpaired) electrons. The van der Waals surface area contributed by atoms with Crippen molar-refractivity contribution >= 4 is 12.1 Å². The largest absolute Gasteiger partial charge is 0.489 e. The van der Waals surface area contributed by atoms with Gasteiger partial charge < -0.3 is 19.9 Å². The first-order chi connectivity index (χ1) is 17.9. The molecular formula is C29H29FN2O5. The molecule has 3 aromatic carbocycles. The zero-order valence-electron chi connectivity index (χ0n) is 20.3. The molecule has 2 bridgehead atoms. The summed E-state index contributed by atoms with van der Waals surface area (Å²) in [6, 6.07) is 20.0. The van der Waals surface area contributed by atoms with Crippen molar-refractivity contribution < 1.29 is 28.6 Å². The molecule has 3 aliphatic rings. The lowest BCUT2D eigenvalue weighted by Crippen LogP contribution is -2.52. The summed E-state index contributed by atoms with van der Waals surface area (Å²) in [4.78, 5) is 26.6. The number of aromatic carboxylic acids is 1. The smallest absolute Gasteiger partial charge is 0.408 e. The Morgan fingerprint density at radius 1 is 1.00 bits per heavy atom. The number of fused-ring (bicyclic) bond motifs is 3. The van der Waals surface area contributed by atoms with E-state index in [9.17, 15) is 19.1 Å². The third kappa shape index (κ3) is 6.09. The molecule has 7 nitrogen and oxygen atoms in total. The van der Waals surface area contributed by atoms with Gasteiger partial charge in [0.15, 0.2) is 0 Å². The minimum absolute atomic E-state index is 0.00741. The van der Waals surface area contributed by atoms with E-state index in [0.717, 1.165) is 49.7 Å². The normalized spacial score (nSPS) is 21.2. The Morgan fingerprint density at radius 3 is 2.46 bits per heavy atom. The summed E-state index contributed by atoms with van der Waals surface area (Å²) in [7, 11) is 0. The third-order valence-electron chi connectivity index (χ3n) is 7.05. The molecule has 0 aromatic heterocycles. The van der Waals surface area contributed by atoms with Crippen molar-refractivity contribution in [3.8, 4) is 5.75 Å². The van der Waals surface area contributed by atoms with Gasteiger partial charge in [0.25, 0.3) is 0 Å². The monoisotopic (exact) mass is 504 g/mol. The Labute approximate surface area is 214 Å². The number of piperidine rings is 3. The second-order valence-electron chi connectivity index (χ2n) is 9.58. The van der Waals surface area contributed by atoms with Crippen LogP contribution in [0.5, 0.6) is 5.75 Å². The van der Waals surface area contributed by atoms with Gasteiger partial charge in [-0.05, 0) is 78.9 Å². The van der Waals surface area contributed by atoms with Crippen LogP contribution in [0, 0.1) is 11.7 Å². The second kappa shape index (κ2) is 11.0. The van der Waals surface area contributed by atoms with E-state index in [2.05, 4.69) is 10.2 Å². The van der Waals surface area contributed by atoms with Crippen LogP contribution in [0.15, 0.2) is 72.8 Å². The Hall–Kier alpha value is -3.91. The van der Waals surface area contributed by atoms with Crippen molar-refractivity contribution in [1.82, 2.24) is 10.2 Å². The van der Waals surface area contributed by atoms with E-state index in [4.69, 9.17) is 9.47 Å². The highest BCUT2D eigenvalue weighted by atomic mass is 19.1. The fourth-order valence-corrected chi connectivity index (χ4v) is 5.15. The van der Waals surface area contributed by atoms with Gasteiger partial charge in [-0.1, -0.05) is 42.5 Å². The molecule has 37 heavy (non-hydrogen) atoms. The summed E-state index contributed by atoms with van der Waals surface area (Å²) in [5.74, 6) is -0.925. The quantitative estimate of drug-likeness (QED) is 0.448. The Balaban J connectivity index is 1.31. The molecule has 6 rings (SSSR count). The summed E-state index contributed by atoms with van der Waals surface area (Å²) < 4.78 is 25.6. The predicted octanol–water partition coefficient (Wildman–Crippen LogP) is 5.01. The number of nitrogens with one attached hydrogen (secondary N) is 1. The summed E-state index contributed by atoms with van der Waals surface area (Å²) in [5.41, 5.74) is 1.95. The third-order valence-corrected chi connectivity index (χ3v) is 7.05. The molecule has 0 unspecified atom stereocenters. The highest BCUT2D eigenvalue weighted by Gasteiger charge is 2.36. The molecule has 3 aromatic rings. The summed E-state index contributed by atoms with van der Waals surface area (Å²) in [6.45, 7) is 2.91. The van der Waals surface area contributed by atoms with Gasteiger partial charge in [0.1, 0.15) is 24.3 Å². The topological polar surface area (TPSA) is 88.1 Å². The van der Waals surface area contributed by atoms with Crippen molar-refractivity contribution in [2.45, 2.75) is 31.6 Å².